The topological polar surface area (TPSA) is 160 Å². The summed E-state index contributed by atoms with van der Waals surface area (Å²) in [7, 11) is 0. The summed E-state index contributed by atoms with van der Waals surface area (Å²) < 4.78 is 1.55. The molecule has 0 bridgehead atoms. The van der Waals surface area contributed by atoms with Gasteiger partial charge in [0, 0.05) is 11.8 Å². The minimum atomic E-state index is -0.513. The predicted molar refractivity (Wildman–Crippen MR) is 135 cm³/mol. The van der Waals surface area contributed by atoms with E-state index >= 15 is 0 Å². The number of imidazole rings is 1. The maximum Gasteiger partial charge on any atom is 0.326 e. The molecule has 11 heteroatoms. The summed E-state index contributed by atoms with van der Waals surface area (Å²) in [6, 6.07) is 17.8. The zero-order valence-corrected chi connectivity index (χ0v) is 19.5. The highest BCUT2D eigenvalue weighted by atomic mass is 16.3. The molecule has 0 aliphatic heterocycles. The van der Waals surface area contributed by atoms with Crippen molar-refractivity contribution in [3.8, 4) is 23.1 Å². The third-order valence-electron chi connectivity index (χ3n) is 6.02. The van der Waals surface area contributed by atoms with E-state index in [0.717, 1.165) is 29.5 Å². The summed E-state index contributed by atoms with van der Waals surface area (Å²) in [5.74, 6) is 0.103. The Balaban J connectivity index is 1.39. The second-order valence-electron chi connectivity index (χ2n) is 8.73. The first-order valence-corrected chi connectivity index (χ1v) is 11.7. The number of nitrogens with zero attached hydrogens (tertiary/aromatic N) is 6. The van der Waals surface area contributed by atoms with E-state index in [1.165, 1.54) is 0 Å². The number of hydrogen-bond donors (Lipinski definition) is 4. The standard InChI is InChI=1S/C26H21N9O2/c27-12-15-4-3-6-16(10-15)20-7-2-1-5-17(20)13-28-24-32-22-18(11-21-23(36)33-26(37)31-21)14-29-35(22)25(34-24)30-19-8-9-19/h1-7,10-11,14,19,36H,8-9,13H2,(H,28,30,34)(H2,31,33,37). The van der Waals surface area contributed by atoms with Gasteiger partial charge in [0.15, 0.2) is 5.65 Å². The van der Waals surface area contributed by atoms with Crippen molar-refractivity contribution >= 4 is 17.7 Å². The van der Waals surface area contributed by atoms with E-state index in [1.54, 1.807) is 22.9 Å². The number of nitrogens with one attached hydrogen (secondary N) is 3. The van der Waals surface area contributed by atoms with Crippen LogP contribution in [0.4, 0.5) is 5.95 Å². The lowest BCUT2D eigenvalue weighted by Crippen LogP contribution is -2.24. The van der Waals surface area contributed by atoms with Crippen LogP contribution in [-0.4, -0.2) is 40.7 Å². The summed E-state index contributed by atoms with van der Waals surface area (Å²) in [5.41, 5.74) is 4.18. The molecular weight excluding hydrogens is 470 g/mol. The van der Waals surface area contributed by atoms with Gasteiger partial charge in [-0.15, -0.1) is 0 Å². The molecule has 6 rings (SSSR count). The van der Waals surface area contributed by atoms with Crippen LogP contribution in [0, 0.1) is 11.3 Å². The molecule has 0 unspecified atom stereocenters. The molecule has 3 heterocycles. The van der Waals surface area contributed by atoms with Crippen LogP contribution in [0.25, 0.3) is 22.9 Å². The third-order valence-corrected chi connectivity index (χ3v) is 6.02. The zero-order valence-electron chi connectivity index (χ0n) is 19.5. The molecule has 0 spiro atoms. The molecule has 1 saturated carbocycles. The van der Waals surface area contributed by atoms with Gasteiger partial charge in [-0.25, -0.2) is 9.79 Å². The Kier molecular flexibility index (Phi) is 5.46. The molecule has 37 heavy (non-hydrogen) atoms. The van der Waals surface area contributed by atoms with Gasteiger partial charge in [0.05, 0.1) is 23.9 Å². The lowest BCUT2D eigenvalue weighted by molar-refractivity contribution is 0.454. The van der Waals surface area contributed by atoms with Crippen LogP contribution in [0.15, 0.2) is 64.5 Å². The maximum absolute atomic E-state index is 11.5. The van der Waals surface area contributed by atoms with Gasteiger partial charge in [0.25, 0.3) is 5.62 Å². The monoisotopic (exact) mass is 491 g/mol. The van der Waals surface area contributed by atoms with Gasteiger partial charge < -0.3 is 15.4 Å². The van der Waals surface area contributed by atoms with E-state index in [4.69, 9.17) is 4.99 Å². The molecule has 0 atom stereocenters. The Morgan fingerprint density at radius 2 is 2.05 bits per heavy atom. The first-order valence-electron chi connectivity index (χ1n) is 11.7. The van der Waals surface area contributed by atoms with Gasteiger partial charge in [0.1, 0.15) is 5.69 Å². The average molecular weight is 492 g/mol. The third kappa shape index (κ3) is 4.55. The fraction of sp³-hybridized carbons (Fsp3) is 0.154. The number of aromatic nitrogens is 6. The van der Waals surface area contributed by atoms with Crippen molar-refractivity contribution < 1.29 is 5.11 Å². The molecule has 2 aromatic carbocycles. The fourth-order valence-electron chi connectivity index (χ4n) is 4.05. The van der Waals surface area contributed by atoms with E-state index in [9.17, 15) is 15.2 Å². The number of rotatable bonds is 6. The van der Waals surface area contributed by atoms with Crippen molar-refractivity contribution in [3.63, 3.8) is 0 Å². The molecule has 1 aliphatic carbocycles. The number of aromatic amines is 2. The van der Waals surface area contributed by atoms with Gasteiger partial charge in [-0.05, 0) is 47.7 Å². The lowest BCUT2D eigenvalue weighted by atomic mass is 9.98. The van der Waals surface area contributed by atoms with Crippen molar-refractivity contribution in [2.24, 2.45) is 4.99 Å². The Morgan fingerprint density at radius 1 is 1.19 bits per heavy atom. The second-order valence-corrected chi connectivity index (χ2v) is 8.73. The van der Waals surface area contributed by atoms with E-state index in [0.29, 0.717) is 34.5 Å². The van der Waals surface area contributed by atoms with Crippen molar-refractivity contribution in [2.75, 3.05) is 5.32 Å². The second kappa shape index (κ2) is 9.09. The molecule has 0 saturated heterocycles. The van der Waals surface area contributed by atoms with Crippen molar-refractivity contribution in [1.29, 1.82) is 5.26 Å². The molecule has 0 radical (unpaired) electrons. The van der Waals surface area contributed by atoms with Crippen LogP contribution in [0.5, 0.6) is 5.88 Å². The summed E-state index contributed by atoms with van der Waals surface area (Å²) in [4.78, 5) is 30.3. The van der Waals surface area contributed by atoms with Crippen LogP contribution < -0.4 is 21.8 Å². The summed E-state index contributed by atoms with van der Waals surface area (Å²) in [6.07, 6.45) is 5.18. The molecule has 0 amide bonds. The highest BCUT2D eigenvalue weighted by molar-refractivity contribution is 5.69. The van der Waals surface area contributed by atoms with Crippen molar-refractivity contribution in [3.05, 3.63) is 92.9 Å². The molecule has 182 valence electrons. The van der Waals surface area contributed by atoms with Crippen LogP contribution in [0.3, 0.4) is 0 Å². The molecule has 1 fully saturated rings. The summed E-state index contributed by atoms with van der Waals surface area (Å²) >= 11 is 0. The maximum atomic E-state index is 11.5. The highest BCUT2D eigenvalue weighted by Crippen LogP contribution is 2.25. The molecular formula is C26H21N9O2. The van der Waals surface area contributed by atoms with E-state index < -0.39 is 5.69 Å². The SMILES string of the molecule is N#Cc1cccc(-c2ccccc2CNc2nc(=NC3CC3)n3ncc(=Cc4[nH]c(=O)[nH]c4O)c3n2)c1. The molecule has 1 aliphatic rings. The number of benzene rings is 2. The molecule has 11 nitrogen and oxygen atoms in total. The molecule has 4 N–H and O–H groups in total. The Morgan fingerprint density at radius 3 is 2.84 bits per heavy atom. The minimum absolute atomic E-state index is 0.209. The number of nitriles is 1. The van der Waals surface area contributed by atoms with Crippen LogP contribution in [0.2, 0.25) is 0 Å². The number of hydrogen-bond acceptors (Lipinski definition) is 8. The van der Waals surface area contributed by atoms with Gasteiger partial charge in [-0.2, -0.15) is 24.8 Å². The first kappa shape index (κ1) is 22.2. The fourth-order valence-corrected chi connectivity index (χ4v) is 4.05. The van der Waals surface area contributed by atoms with Crippen LogP contribution in [-0.2, 0) is 6.54 Å². The smallest absolute Gasteiger partial charge is 0.326 e. The Labute approximate surface area is 209 Å². The number of anilines is 1. The summed E-state index contributed by atoms with van der Waals surface area (Å²) in [6.45, 7) is 0.436. The van der Waals surface area contributed by atoms with Gasteiger partial charge in [0.2, 0.25) is 11.8 Å². The predicted octanol–water partition coefficient (Wildman–Crippen LogP) is 1.61. The van der Waals surface area contributed by atoms with Gasteiger partial charge in [-0.1, -0.05) is 36.4 Å². The Bertz CT molecular complexity index is 1860. The molecule has 5 aromatic rings. The Hall–Kier alpha value is -5.24. The number of aromatic hydroxyl groups is 1. The zero-order chi connectivity index (χ0) is 25.4. The summed E-state index contributed by atoms with van der Waals surface area (Å²) in [5, 5.41) is 27.5. The van der Waals surface area contributed by atoms with E-state index in [2.05, 4.69) is 36.4 Å². The number of fused-ring (bicyclic) bond motifs is 1. The quantitative estimate of drug-likeness (QED) is 0.281. The van der Waals surface area contributed by atoms with Crippen LogP contribution in [0.1, 0.15) is 29.7 Å². The van der Waals surface area contributed by atoms with Crippen molar-refractivity contribution in [2.45, 2.75) is 25.4 Å². The van der Waals surface area contributed by atoms with Gasteiger partial charge >= 0.3 is 5.69 Å². The van der Waals surface area contributed by atoms with Gasteiger partial charge in [-0.3, -0.25) is 4.98 Å². The van der Waals surface area contributed by atoms with E-state index in [1.807, 2.05) is 42.5 Å². The van der Waals surface area contributed by atoms with E-state index in [-0.39, 0.29) is 17.6 Å². The highest BCUT2D eigenvalue weighted by Gasteiger charge is 2.21. The lowest BCUT2D eigenvalue weighted by Gasteiger charge is -2.11. The average Bonchev–Trinajstić information content (AvgIpc) is 3.55. The minimum Gasteiger partial charge on any atom is -0.493 e. The molecule has 3 aromatic heterocycles. The first-order chi connectivity index (χ1) is 18.1. The number of H-pyrrole nitrogens is 2. The largest absolute Gasteiger partial charge is 0.493 e. The normalized spacial score (nSPS) is 14.2. The van der Waals surface area contributed by atoms with Crippen molar-refractivity contribution in [1.82, 2.24) is 29.5 Å². The van der Waals surface area contributed by atoms with Crippen LogP contribution >= 0.6 is 0 Å².